The summed E-state index contributed by atoms with van der Waals surface area (Å²) in [4.78, 5) is 22.4. The van der Waals surface area contributed by atoms with Gasteiger partial charge in [0.2, 0.25) is 5.91 Å². The molecular weight excluding hydrogens is 210 g/mol. The summed E-state index contributed by atoms with van der Waals surface area (Å²) in [6, 6.07) is 0. The lowest BCUT2D eigenvalue weighted by Crippen LogP contribution is -2.41. The van der Waals surface area contributed by atoms with Crippen molar-refractivity contribution in [3.05, 3.63) is 0 Å². The van der Waals surface area contributed by atoms with Crippen LogP contribution in [0.2, 0.25) is 0 Å². The van der Waals surface area contributed by atoms with E-state index in [1.807, 2.05) is 13.8 Å². The summed E-state index contributed by atoms with van der Waals surface area (Å²) < 4.78 is 0. The minimum absolute atomic E-state index is 0.00348. The molecule has 0 atom stereocenters. The minimum atomic E-state index is -0.353. The lowest BCUT2D eigenvalue weighted by Gasteiger charge is -2.22. The van der Waals surface area contributed by atoms with Crippen molar-refractivity contribution in [1.29, 1.82) is 0 Å². The summed E-state index contributed by atoms with van der Waals surface area (Å²) in [6.07, 6.45) is 0.646. The SMILES string of the molecule is CC(C)(CO)CNC(=O)C1=NNC(=O)CC1. The fourth-order valence-electron chi connectivity index (χ4n) is 1.12. The normalized spacial score (nSPS) is 16.4. The third kappa shape index (κ3) is 3.62. The average molecular weight is 227 g/mol. The van der Waals surface area contributed by atoms with Crippen LogP contribution in [0.4, 0.5) is 0 Å². The van der Waals surface area contributed by atoms with E-state index in [4.69, 9.17) is 5.11 Å². The largest absolute Gasteiger partial charge is 0.396 e. The number of nitrogens with zero attached hydrogens (tertiary/aromatic N) is 1. The molecule has 2 amide bonds. The van der Waals surface area contributed by atoms with E-state index < -0.39 is 0 Å². The molecule has 0 spiro atoms. The van der Waals surface area contributed by atoms with Gasteiger partial charge in [0.25, 0.3) is 5.91 Å². The van der Waals surface area contributed by atoms with E-state index in [1.54, 1.807) is 0 Å². The van der Waals surface area contributed by atoms with E-state index in [1.165, 1.54) is 0 Å². The van der Waals surface area contributed by atoms with Crippen LogP contribution in [0, 0.1) is 5.41 Å². The maximum atomic E-state index is 11.6. The molecule has 1 rings (SSSR count). The molecule has 0 aromatic rings. The molecule has 0 aromatic carbocycles. The van der Waals surface area contributed by atoms with Crippen LogP contribution in [-0.2, 0) is 9.59 Å². The van der Waals surface area contributed by atoms with E-state index in [0.29, 0.717) is 18.7 Å². The van der Waals surface area contributed by atoms with Crippen LogP contribution >= 0.6 is 0 Å². The van der Waals surface area contributed by atoms with Crippen molar-refractivity contribution in [3.63, 3.8) is 0 Å². The van der Waals surface area contributed by atoms with E-state index in [-0.39, 0.29) is 30.3 Å². The molecule has 1 aliphatic heterocycles. The number of amides is 2. The first kappa shape index (κ1) is 12.6. The van der Waals surface area contributed by atoms with Crippen LogP contribution in [0.25, 0.3) is 0 Å². The monoisotopic (exact) mass is 227 g/mol. The number of hydrazone groups is 1. The molecule has 1 heterocycles. The molecule has 90 valence electrons. The molecule has 0 aromatic heterocycles. The molecule has 16 heavy (non-hydrogen) atoms. The van der Waals surface area contributed by atoms with Crippen molar-refractivity contribution in [1.82, 2.24) is 10.7 Å². The van der Waals surface area contributed by atoms with Gasteiger partial charge >= 0.3 is 0 Å². The van der Waals surface area contributed by atoms with Gasteiger partial charge in [0, 0.05) is 31.4 Å². The van der Waals surface area contributed by atoms with Crippen LogP contribution in [0.3, 0.4) is 0 Å². The maximum Gasteiger partial charge on any atom is 0.267 e. The standard InChI is InChI=1S/C10H17N3O3/c1-10(2,6-14)5-11-9(16)7-3-4-8(15)13-12-7/h14H,3-6H2,1-2H3,(H,11,16)(H,13,15). The summed E-state index contributed by atoms with van der Waals surface area (Å²) in [5, 5.41) is 15.4. The van der Waals surface area contributed by atoms with Gasteiger partial charge in [0.05, 0.1) is 0 Å². The zero-order valence-corrected chi connectivity index (χ0v) is 9.54. The molecule has 6 heteroatoms. The van der Waals surface area contributed by atoms with Crippen molar-refractivity contribution in [2.24, 2.45) is 10.5 Å². The van der Waals surface area contributed by atoms with Crippen LogP contribution in [0.1, 0.15) is 26.7 Å². The first-order valence-corrected chi connectivity index (χ1v) is 5.19. The third-order valence-electron chi connectivity index (χ3n) is 2.32. The molecule has 1 aliphatic rings. The van der Waals surface area contributed by atoms with Gasteiger partial charge in [0.1, 0.15) is 5.71 Å². The summed E-state index contributed by atoms with van der Waals surface area (Å²) in [5.41, 5.74) is 2.24. The fourth-order valence-corrected chi connectivity index (χ4v) is 1.12. The Hall–Kier alpha value is -1.43. The number of carbonyl (C=O) groups is 2. The molecule has 0 fully saturated rings. The quantitative estimate of drug-likeness (QED) is 0.598. The molecule has 0 radical (unpaired) electrons. The predicted molar refractivity (Wildman–Crippen MR) is 58.7 cm³/mol. The van der Waals surface area contributed by atoms with E-state index in [0.717, 1.165) is 0 Å². The molecule has 0 bridgehead atoms. The van der Waals surface area contributed by atoms with Crippen LogP contribution in [0.15, 0.2) is 5.10 Å². The van der Waals surface area contributed by atoms with Crippen molar-refractivity contribution in [2.45, 2.75) is 26.7 Å². The fraction of sp³-hybridized carbons (Fsp3) is 0.700. The van der Waals surface area contributed by atoms with Gasteiger partial charge in [-0.1, -0.05) is 13.8 Å². The number of aliphatic hydroxyl groups is 1. The van der Waals surface area contributed by atoms with Crippen molar-refractivity contribution in [3.8, 4) is 0 Å². The smallest absolute Gasteiger partial charge is 0.267 e. The van der Waals surface area contributed by atoms with Crippen molar-refractivity contribution < 1.29 is 14.7 Å². The second-order valence-corrected chi connectivity index (χ2v) is 4.60. The highest BCUT2D eigenvalue weighted by Crippen LogP contribution is 2.11. The molecule has 6 nitrogen and oxygen atoms in total. The number of aliphatic hydroxyl groups excluding tert-OH is 1. The molecular formula is C10H17N3O3. The van der Waals surface area contributed by atoms with Gasteiger partial charge in [-0.25, -0.2) is 5.43 Å². The molecule has 0 aliphatic carbocycles. The van der Waals surface area contributed by atoms with Crippen molar-refractivity contribution >= 4 is 17.5 Å². The van der Waals surface area contributed by atoms with E-state index in [2.05, 4.69) is 15.8 Å². The van der Waals surface area contributed by atoms with Gasteiger partial charge < -0.3 is 10.4 Å². The van der Waals surface area contributed by atoms with Crippen LogP contribution < -0.4 is 10.7 Å². The zero-order chi connectivity index (χ0) is 12.2. The number of hydrogen-bond donors (Lipinski definition) is 3. The third-order valence-corrected chi connectivity index (χ3v) is 2.32. The number of rotatable bonds is 4. The predicted octanol–water partition coefficient (Wildman–Crippen LogP) is -0.613. The lowest BCUT2D eigenvalue weighted by atomic mass is 9.95. The highest BCUT2D eigenvalue weighted by atomic mass is 16.3. The summed E-state index contributed by atoms with van der Waals surface area (Å²) in [5.74, 6) is -0.464. The first-order valence-electron chi connectivity index (χ1n) is 5.19. The average Bonchev–Trinajstić information content (AvgIpc) is 2.27. The number of carbonyl (C=O) groups excluding carboxylic acids is 2. The van der Waals surface area contributed by atoms with Gasteiger partial charge in [-0.05, 0) is 0 Å². The summed E-state index contributed by atoms with van der Waals surface area (Å²) in [7, 11) is 0. The van der Waals surface area contributed by atoms with E-state index in [9.17, 15) is 9.59 Å². The Labute approximate surface area is 94.1 Å². The Kier molecular flexibility index (Phi) is 4.00. The van der Waals surface area contributed by atoms with Gasteiger partial charge in [-0.15, -0.1) is 0 Å². The molecule has 0 saturated carbocycles. The highest BCUT2D eigenvalue weighted by Gasteiger charge is 2.21. The van der Waals surface area contributed by atoms with Gasteiger partial charge in [-0.2, -0.15) is 5.10 Å². The van der Waals surface area contributed by atoms with Gasteiger partial charge in [0.15, 0.2) is 0 Å². The Morgan fingerprint density at radius 1 is 1.56 bits per heavy atom. The Morgan fingerprint density at radius 2 is 2.25 bits per heavy atom. The lowest BCUT2D eigenvalue weighted by molar-refractivity contribution is -0.121. The van der Waals surface area contributed by atoms with Gasteiger partial charge in [-0.3, -0.25) is 9.59 Å². The molecule has 0 unspecified atom stereocenters. The van der Waals surface area contributed by atoms with Crippen LogP contribution in [0.5, 0.6) is 0 Å². The van der Waals surface area contributed by atoms with E-state index >= 15 is 0 Å². The number of hydrogen-bond acceptors (Lipinski definition) is 4. The van der Waals surface area contributed by atoms with Crippen molar-refractivity contribution in [2.75, 3.05) is 13.2 Å². The maximum absolute atomic E-state index is 11.6. The Morgan fingerprint density at radius 3 is 2.75 bits per heavy atom. The summed E-state index contributed by atoms with van der Waals surface area (Å²) >= 11 is 0. The first-order chi connectivity index (χ1) is 7.44. The topological polar surface area (TPSA) is 90.8 Å². The second kappa shape index (κ2) is 5.07. The zero-order valence-electron chi connectivity index (χ0n) is 9.54. The summed E-state index contributed by atoms with van der Waals surface area (Å²) in [6.45, 7) is 4.06. The second-order valence-electron chi connectivity index (χ2n) is 4.60. The molecule has 3 N–H and O–H groups in total. The Balaban J connectivity index is 2.44. The van der Waals surface area contributed by atoms with Crippen LogP contribution in [-0.4, -0.2) is 35.8 Å². The molecule has 0 saturated heterocycles. The number of nitrogens with one attached hydrogen (secondary N) is 2. The minimum Gasteiger partial charge on any atom is -0.396 e. The highest BCUT2D eigenvalue weighted by molar-refractivity contribution is 6.39. The Bertz CT molecular complexity index is 323.